The van der Waals surface area contributed by atoms with Gasteiger partial charge in [-0.3, -0.25) is 4.79 Å². The third-order valence-electron chi connectivity index (χ3n) is 4.05. The number of aromatic hydroxyl groups is 1. The second-order valence-corrected chi connectivity index (χ2v) is 6.07. The molecule has 2 aromatic carbocycles. The molecule has 0 aliphatic heterocycles. The van der Waals surface area contributed by atoms with Crippen LogP contribution in [0.5, 0.6) is 11.5 Å². The number of aromatic nitrogens is 1. The van der Waals surface area contributed by atoms with Gasteiger partial charge >= 0.3 is 5.69 Å². The van der Waals surface area contributed by atoms with E-state index >= 15 is 0 Å². The number of amides is 1. The van der Waals surface area contributed by atoms with Crippen molar-refractivity contribution < 1.29 is 24.4 Å². The average molecular weight is 405 g/mol. The summed E-state index contributed by atoms with van der Waals surface area (Å²) in [7, 11) is 1.23. The van der Waals surface area contributed by atoms with Crippen LogP contribution in [-0.2, 0) is 11.4 Å². The lowest BCUT2D eigenvalue weighted by Crippen LogP contribution is -2.13. The molecule has 0 fully saturated rings. The van der Waals surface area contributed by atoms with E-state index in [2.05, 4.69) is 21.2 Å². The average Bonchev–Trinajstić information content (AvgIpc) is 2.77. The summed E-state index contributed by atoms with van der Waals surface area (Å²) in [4.78, 5) is 32.6. The van der Waals surface area contributed by atoms with Gasteiger partial charge < -0.3 is 15.2 Å². The van der Waals surface area contributed by atoms with Crippen LogP contribution in [0.1, 0.15) is 21.5 Å². The van der Waals surface area contributed by atoms with Gasteiger partial charge in [-0.15, -0.1) is 0 Å². The van der Waals surface area contributed by atoms with E-state index in [1.165, 1.54) is 43.6 Å². The van der Waals surface area contributed by atoms with E-state index in [-0.39, 0.29) is 40.1 Å². The summed E-state index contributed by atoms with van der Waals surface area (Å²) in [5.74, 6) is -0.212. The van der Waals surface area contributed by atoms with E-state index in [0.717, 1.165) is 0 Å². The first-order valence-corrected chi connectivity index (χ1v) is 8.74. The zero-order valence-corrected chi connectivity index (χ0v) is 15.9. The fourth-order valence-corrected chi connectivity index (χ4v) is 2.58. The number of ether oxygens (including phenoxy) is 1. The predicted molar refractivity (Wildman–Crippen MR) is 106 cm³/mol. The first-order valence-electron chi connectivity index (χ1n) is 8.74. The van der Waals surface area contributed by atoms with Crippen LogP contribution in [0, 0.1) is 16.2 Å². The van der Waals surface area contributed by atoms with Crippen molar-refractivity contribution in [3.8, 4) is 17.6 Å². The lowest BCUT2D eigenvalue weighted by Gasteiger charge is -2.10. The molecule has 1 amide bonds. The predicted octanol–water partition coefficient (Wildman–Crippen LogP) is 3.46. The molecular formula is C21H17N4O5+. The van der Waals surface area contributed by atoms with Gasteiger partial charge in [-0.2, -0.15) is 5.26 Å². The van der Waals surface area contributed by atoms with E-state index in [9.17, 15) is 14.8 Å². The Labute approximate surface area is 171 Å². The summed E-state index contributed by atoms with van der Waals surface area (Å²) in [5, 5.41) is 21.7. The Morgan fingerprint density at radius 1 is 1.23 bits per heavy atom. The van der Waals surface area contributed by atoms with Crippen LogP contribution in [-0.4, -0.2) is 28.0 Å². The quantitative estimate of drug-likeness (QED) is 0.577. The molecule has 3 aromatic rings. The number of rotatable bonds is 7. The molecule has 0 spiro atoms. The number of anilines is 1. The zero-order chi connectivity index (χ0) is 21.5. The third kappa shape index (κ3) is 4.88. The van der Waals surface area contributed by atoms with E-state index in [0.29, 0.717) is 11.1 Å². The van der Waals surface area contributed by atoms with Gasteiger partial charge in [0.05, 0.1) is 16.5 Å². The van der Waals surface area contributed by atoms with Gasteiger partial charge in [-0.1, -0.05) is 18.2 Å². The lowest BCUT2D eigenvalue weighted by molar-refractivity contribution is -0.736. The van der Waals surface area contributed by atoms with Crippen LogP contribution in [0.15, 0.2) is 60.8 Å². The van der Waals surface area contributed by atoms with Gasteiger partial charge in [-0.05, 0) is 24.3 Å². The number of pyridine rings is 1. The van der Waals surface area contributed by atoms with Crippen molar-refractivity contribution in [3.05, 3.63) is 82.4 Å². The highest BCUT2D eigenvalue weighted by Gasteiger charge is 2.16. The van der Waals surface area contributed by atoms with Gasteiger partial charge in [0.15, 0.2) is 7.11 Å². The smallest absolute Gasteiger partial charge is 0.335 e. The number of hydrogen-bond acceptors (Lipinski definition) is 7. The Morgan fingerprint density at radius 3 is 2.73 bits per heavy atom. The third-order valence-corrected chi connectivity index (χ3v) is 4.05. The van der Waals surface area contributed by atoms with Crippen LogP contribution >= 0.6 is 0 Å². The van der Waals surface area contributed by atoms with E-state index < -0.39 is 5.91 Å². The van der Waals surface area contributed by atoms with Gasteiger partial charge in [0.25, 0.3) is 10.8 Å². The highest BCUT2D eigenvalue weighted by molar-refractivity contribution is 6.04. The monoisotopic (exact) mass is 405 g/mol. The Bertz CT molecular complexity index is 1120. The minimum absolute atomic E-state index is 0.0997. The van der Waals surface area contributed by atoms with Crippen molar-refractivity contribution in [2.75, 3.05) is 12.4 Å². The molecule has 0 saturated heterocycles. The largest absolute Gasteiger partial charge is 0.508 e. The van der Waals surface area contributed by atoms with Crippen LogP contribution in [0.3, 0.4) is 0 Å². The highest BCUT2D eigenvalue weighted by atomic mass is 16.8. The number of nitrogens with zero attached hydrogens (tertiary/aromatic N) is 3. The molecule has 0 saturated carbocycles. The SMILES string of the molecule is CO[N+](=O)c1ccc(NC(=O)c2cc(O)cc(OCc3ccccc3C#N)c2)nc1. The molecule has 0 bridgehead atoms. The van der Waals surface area contributed by atoms with Crippen LogP contribution < -0.4 is 10.1 Å². The van der Waals surface area contributed by atoms with Crippen molar-refractivity contribution in [3.63, 3.8) is 0 Å². The van der Waals surface area contributed by atoms with E-state index in [1.807, 2.05) is 0 Å². The lowest BCUT2D eigenvalue weighted by atomic mass is 10.1. The molecule has 9 heteroatoms. The van der Waals surface area contributed by atoms with Gasteiger partial charge in [0, 0.05) is 23.3 Å². The van der Waals surface area contributed by atoms with Gasteiger partial charge in [-0.25, -0.2) is 9.82 Å². The molecule has 1 aromatic heterocycles. The molecule has 2 N–H and O–H groups in total. The Morgan fingerprint density at radius 2 is 2.03 bits per heavy atom. The van der Waals surface area contributed by atoms with Gasteiger partial charge in [0.1, 0.15) is 30.1 Å². The Hall–Kier alpha value is -4.45. The molecule has 0 radical (unpaired) electrons. The molecular weight excluding hydrogens is 388 g/mol. The first-order chi connectivity index (χ1) is 14.5. The maximum atomic E-state index is 12.5. The second kappa shape index (κ2) is 9.16. The first kappa shape index (κ1) is 20.3. The summed E-state index contributed by atoms with van der Waals surface area (Å²) in [5.41, 5.74) is 1.48. The number of hydrogen-bond donors (Lipinski definition) is 2. The molecule has 150 valence electrons. The van der Waals surface area contributed by atoms with E-state index in [1.54, 1.807) is 24.3 Å². The maximum Gasteiger partial charge on any atom is 0.335 e. The molecule has 3 rings (SSSR count). The Kier molecular flexibility index (Phi) is 6.20. The van der Waals surface area contributed by atoms with Crippen LogP contribution in [0.25, 0.3) is 0 Å². The summed E-state index contributed by atoms with van der Waals surface area (Å²) in [6, 6.07) is 16.0. The second-order valence-electron chi connectivity index (χ2n) is 6.07. The fourth-order valence-electron chi connectivity index (χ4n) is 2.58. The van der Waals surface area contributed by atoms with Crippen molar-refractivity contribution >= 4 is 17.4 Å². The molecule has 0 atom stereocenters. The highest BCUT2D eigenvalue weighted by Crippen LogP contribution is 2.24. The zero-order valence-electron chi connectivity index (χ0n) is 15.9. The molecule has 0 aliphatic rings. The van der Waals surface area contributed by atoms with Crippen molar-refractivity contribution in [1.29, 1.82) is 5.26 Å². The summed E-state index contributed by atoms with van der Waals surface area (Å²) >= 11 is 0. The molecule has 9 nitrogen and oxygen atoms in total. The number of nitriles is 1. The van der Waals surface area contributed by atoms with Crippen LogP contribution in [0.2, 0.25) is 0 Å². The number of phenolic OH excluding ortho intramolecular Hbond substituents is 1. The van der Waals surface area contributed by atoms with E-state index in [4.69, 9.17) is 10.00 Å². The van der Waals surface area contributed by atoms with Crippen LogP contribution in [0.4, 0.5) is 11.5 Å². The molecule has 0 unspecified atom stereocenters. The fraction of sp³-hybridized carbons (Fsp3) is 0.0952. The molecule has 30 heavy (non-hydrogen) atoms. The normalized spacial score (nSPS) is 10.0. The van der Waals surface area contributed by atoms with Crippen molar-refractivity contribution in [2.45, 2.75) is 6.61 Å². The van der Waals surface area contributed by atoms with Gasteiger partial charge in [0.2, 0.25) is 0 Å². The number of carbonyl (C=O) groups is 1. The number of benzene rings is 2. The number of carbonyl (C=O) groups excluding carboxylic acids is 1. The topological polar surface area (TPSA) is 125 Å². The van der Waals surface area contributed by atoms with Crippen molar-refractivity contribution in [1.82, 2.24) is 4.98 Å². The molecule has 1 heterocycles. The standard InChI is InChI=1S/C21H16N4O5/c1-29-25(28)17-6-7-20(23-12-17)24-21(27)16-8-18(26)10-19(9-16)30-13-15-5-3-2-4-14(15)11-22/h2-10,12H,13H2,1H3,(H-,23,24,26,27,28)/p+1. The summed E-state index contributed by atoms with van der Waals surface area (Å²) < 4.78 is 5.65. The maximum absolute atomic E-state index is 12.5. The Balaban J connectivity index is 1.72. The minimum Gasteiger partial charge on any atom is -0.508 e. The number of nitrogens with one attached hydrogen (secondary N) is 1. The molecule has 0 aliphatic carbocycles. The summed E-state index contributed by atoms with van der Waals surface area (Å²) in [6.07, 6.45) is 1.25. The van der Waals surface area contributed by atoms with Crippen molar-refractivity contribution in [2.24, 2.45) is 0 Å². The minimum atomic E-state index is -0.529. The number of phenols is 1. The summed E-state index contributed by atoms with van der Waals surface area (Å²) in [6.45, 7) is 0.0997.